The first-order valence-corrected chi connectivity index (χ1v) is 11.3. The van der Waals surface area contributed by atoms with E-state index in [9.17, 15) is 14.4 Å². The summed E-state index contributed by atoms with van der Waals surface area (Å²) in [6, 6.07) is 13.6. The Kier molecular flexibility index (Phi) is 6.37. The van der Waals surface area contributed by atoms with Gasteiger partial charge in [0.1, 0.15) is 11.6 Å². The lowest BCUT2D eigenvalue weighted by Crippen LogP contribution is -2.61. The first-order valence-electron chi connectivity index (χ1n) is 11.3. The lowest BCUT2D eigenvalue weighted by molar-refractivity contribution is -0.126. The highest BCUT2D eigenvalue weighted by Crippen LogP contribution is 2.37. The van der Waals surface area contributed by atoms with Gasteiger partial charge in [-0.3, -0.25) is 19.3 Å². The summed E-state index contributed by atoms with van der Waals surface area (Å²) in [6.45, 7) is 6.35. The molecule has 1 saturated heterocycles. The zero-order valence-corrected chi connectivity index (χ0v) is 19.2. The summed E-state index contributed by atoms with van der Waals surface area (Å²) >= 11 is 0. The number of ether oxygens (including phenoxy) is 1. The summed E-state index contributed by atoms with van der Waals surface area (Å²) in [4.78, 5) is 40.6. The van der Waals surface area contributed by atoms with E-state index < -0.39 is 11.6 Å². The Balaban J connectivity index is 1.53. The smallest absolute Gasteiger partial charge is 0.253 e. The van der Waals surface area contributed by atoms with Gasteiger partial charge >= 0.3 is 0 Å². The summed E-state index contributed by atoms with van der Waals surface area (Å²) in [5.74, 6) is -0.746. The highest BCUT2D eigenvalue weighted by atomic mass is 16.5. The fourth-order valence-corrected chi connectivity index (χ4v) is 4.25. The van der Waals surface area contributed by atoms with E-state index in [4.69, 9.17) is 4.74 Å². The highest BCUT2D eigenvalue weighted by molar-refractivity contribution is 6.15. The average Bonchev–Trinajstić information content (AvgIpc) is 3.32. The molecule has 1 fully saturated rings. The quantitative estimate of drug-likeness (QED) is 0.628. The fourth-order valence-electron chi connectivity index (χ4n) is 4.25. The van der Waals surface area contributed by atoms with Crippen molar-refractivity contribution < 1.29 is 19.1 Å². The molecular formula is C25H30N4O4. The Morgan fingerprint density at radius 1 is 1.18 bits per heavy atom. The molecule has 33 heavy (non-hydrogen) atoms. The standard InChI is InChI=1S/C25H30N4O4/c1-16(23(31)29-21-13-7-6-12-20(21)28-24(32)25(29,2)3)27-19-11-5-4-10-18(19)22(30)26-15-17-9-8-14-33-17/h4-7,10-13,16-17,27H,8-9,14-15H2,1-3H3,(H,26,30)(H,28,32)/t16-,17-/m0/s1. The summed E-state index contributed by atoms with van der Waals surface area (Å²) < 4.78 is 5.58. The Bertz CT molecular complexity index is 1060. The Morgan fingerprint density at radius 2 is 1.91 bits per heavy atom. The number of fused-ring (bicyclic) bond motifs is 1. The molecular weight excluding hydrogens is 420 g/mol. The molecule has 0 aromatic heterocycles. The largest absolute Gasteiger partial charge is 0.376 e. The zero-order valence-electron chi connectivity index (χ0n) is 19.2. The second-order valence-electron chi connectivity index (χ2n) is 8.96. The monoisotopic (exact) mass is 450 g/mol. The van der Waals surface area contributed by atoms with E-state index >= 15 is 0 Å². The molecule has 0 unspecified atom stereocenters. The van der Waals surface area contributed by atoms with Crippen LogP contribution in [0.2, 0.25) is 0 Å². The molecule has 3 N–H and O–H groups in total. The van der Waals surface area contributed by atoms with Crippen molar-refractivity contribution in [2.24, 2.45) is 0 Å². The molecule has 8 nitrogen and oxygen atoms in total. The van der Waals surface area contributed by atoms with Gasteiger partial charge in [-0.25, -0.2) is 0 Å². The van der Waals surface area contributed by atoms with Crippen LogP contribution in [0.3, 0.4) is 0 Å². The number of anilines is 3. The molecule has 3 amide bonds. The molecule has 4 rings (SSSR count). The van der Waals surface area contributed by atoms with Crippen LogP contribution in [0.4, 0.5) is 17.1 Å². The van der Waals surface area contributed by atoms with Crippen molar-refractivity contribution in [2.75, 3.05) is 28.7 Å². The maximum Gasteiger partial charge on any atom is 0.253 e. The summed E-state index contributed by atoms with van der Waals surface area (Å²) in [6.07, 6.45) is 1.99. The highest BCUT2D eigenvalue weighted by Gasteiger charge is 2.44. The molecule has 0 spiro atoms. The van der Waals surface area contributed by atoms with Crippen molar-refractivity contribution in [3.8, 4) is 0 Å². The van der Waals surface area contributed by atoms with Gasteiger partial charge < -0.3 is 20.7 Å². The van der Waals surface area contributed by atoms with Gasteiger partial charge in [0.15, 0.2) is 0 Å². The van der Waals surface area contributed by atoms with Crippen LogP contribution in [0.15, 0.2) is 48.5 Å². The minimum atomic E-state index is -1.07. The van der Waals surface area contributed by atoms with Crippen LogP contribution in [0.25, 0.3) is 0 Å². The molecule has 2 heterocycles. The molecule has 0 bridgehead atoms. The van der Waals surface area contributed by atoms with Crippen molar-refractivity contribution in [1.82, 2.24) is 5.32 Å². The topological polar surface area (TPSA) is 99.8 Å². The van der Waals surface area contributed by atoms with Gasteiger partial charge in [-0.15, -0.1) is 0 Å². The lowest BCUT2D eigenvalue weighted by Gasteiger charge is -2.43. The Hall–Kier alpha value is -3.39. The van der Waals surface area contributed by atoms with Crippen LogP contribution < -0.4 is 20.9 Å². The molecule has 174 valence electrons. The number of hydrogen-bond acceptors (Lipinski definition) is 5. The van der Waals surface area contributed by atoms with Gasteiger partial charge in [-0.1, -0.05) is 24.3 Å². The van der Waals surface area contributed by atoms with Crippen molar-refractivity contribution >= 4 is 34.8 Å². The third kappa shape index (κ3) is 4.57. The van der Waals surface area contributed by atoms with E-state index in [-0.39, 0.29) is 23.8 Å². The van der Waals surface area contributed by atoms with E-state index in [1.54, 1.807) is 45.0 Å². The first-order chi connectivity index (χ1) is 15.8. The molecule has 2 atom stereocenters. The predicted octanol–water partition coefficient (Wildman–Crippen LogP) is 3.16. The SMILES string of the molecule is C[C@H](Nc1ccccc1C(=O)NC[C@@H]1CCCO1)C(=O)N1c2ccccc2NC(=O)C1(C)C. The van der Waals surface area contributed by atoms with Crippen LogP contribution in [0.5, 0.6) is 0 Å². The number of rotatable bonds is 6. The third-order valence-electron chi connectivity index (χ3n) is 6.16. The van der Waals surface area contributed by atoms with Crippen molar-refractivity contribution in [2.45, 2.75) is 51.3 Å². The number of benzene rings is 2. The first kappa shape index (κ1) is 22.8. The van der Waals surface area contributed by atoms with Gasteiger partial charge in [-0.05, 0) is 57.9 Å². The second kappa shape index (κ2) is 9.23. The summed E-state index contributed by atoms with van der Waals surface area (Å²) in [7, 11) is 0. The van der Waals surface area contributed by atoms with Crippen LogP contribution in [0, 0.1) is 0 Å². The molecule has 8 heteroatoms. The molecule has 2 aromatic carbocycles. The maximum atomic E-state index is 13.6. The van der Waals surface area contributed by atoms with Gasteiger partial charge in [-0.2, -0.15) is 0 Å². The molecule has 0 saturated carbocycles. The van der Waals surface area contributed by atoms with Gasteiger partial charge in [0, 0.05) is 18.8 Å². The van der Waals surface area contributed by atoms with Crippen LogP contribution in [-0.2, 0) is 14.3 Å². The van der Waals surface area contributed by atoms with Crippen molar-refractivity contribution in [3.05, 3.63) is 54.1 Å². The average molecular weight is 451 g/mol. The summed E-state index contributed by atoms with van der Waals surface area (Å²) in [5.41, 5.74) is 1.17. The van der Waals surface area contributed by atoms with E-state index in [0.717, 1.165) is 19.4 Å². The minimum absolute atomic E-state index is 0.0436. The number of nitrogens with one attached hydrogen (secondary N) is 3. The maximum absolute atomic E-state index is 13.6. The van der Waals surface area contributed by atoms with Crippen LogP contribution >= 0.6 is 0 Å². The van der Waals surface area contributed by atoms with Crippen LogP contribution in [-0.4, -0.2) is 48.6 Å². The van der Waals surface area contributed by atoms with E-state index in [2.05, 4.69) is 16.0 Å². The molecule has 2 aromatic rings. The Morgan fingerprint density at radius 3 is 2.67 bits per heavy atom. The molecule has 0 radical (unpaired) electrons. The number of hydrogen-bond donors (Lipinski definition) is 3. The zero-order chi connectivity index (χ0) is 23.6. The number of amides is 3. The molecule has 2 aliphatic heterocycles. The number of para-hydroxylation sites is 3. The number of carbonyl (C=O) groups excluding carboxylic acids is 3. The Labute approximate surface area is 193 Å². The van der Waals surface area contributed by atoms with Gasteiger partial charge in [0.25, 0.3) is 5.91 Å². The lowest BCUT2D eigenvalue weighted by atomic mass is 9.95. The minimum Gasteiger partial charge on any atom is -0.376 e. The normalized spacial score (nSPS) is 19.9. The van der Waals surface area contributed by atoms with E-state index in [1.165, 1.54) is 4.90 Å². The van der Waals surface area contributed by atoms with Crippen LogP contribution in [0.1, 0.15) is 44.0 Å². The van der Waals surface area contributed by atoms with Crippen molar-refractivity contribution in [3.63, 3.8) is 0 Å². The fraction of sp³-hybridized carbons (Fsp3) is 0.400. The predicted molar refractivity (Wildman–Crippen MR) is 127 cm³/mol. The third-order valence-corrected chi connectivity index (χ3v) is 6.16. The second-order valence-corrected chi connectivity index (χ2v) is 8.96. The number of nitrogens with zero attached hydrogens (tertiary/aromatic N) is 1. The molecule has 2 aliphatic rings. The summed E-state index contributed by atoms with van der Waals surface area (Å²) in [5, 5.41) is 8.98. The number of carbonyl (C=O) groups is 3. The van der Waals surface area contributed by atoms with Gasteiger partial charge in [0.2, 0.25) is 11.8 Å². The van der Waals surface area contributed by atoms with E-state index in [0.29, 0.717) is 29.2 Å². The van der Waals surface area contributed by atoms with E-state index in [1.807, 2.05) is 24.3 Å². The van der Waals surface area contributed by atoms with Gasteiger partial charge in [0.05, 0.1) is 23.0 Å². The molecule has 0 aliphatic carbocycles. The van der Waals surface area contributed by atoms with Crippen molar-refractivity contribution in [1.29, 1.82) is 0 Å².